The lowest BCUT2D eigenvalue weighted by Gasteiger charge is -2.12. The monoisotopic (exact) mass is 1090 g/mol. The predicted octanol–water partition coefficient (Wildman–Crippen LogP) is 6.63. The van der Waals surface area contributed by atoms with E-state index in [1.165, 1.54) is 92.7 Å². The van der Waals surface area contributed by atoms with Gasteiger partial charge in [0.2, 0.25) is 11.8 Å². The minimum atomic E-state index is -5.01. The van der Waals surface area contributed by atoms with Crippen LogP contribution in [0, 0.1) is 13.8 Å². The highest BCUT2D eigenvalue weighted by Crippen LogP contribution is 2.41. The van der Waals surface area contributed by atoms with Gasteiger partial charge in [-0.2, -0.15) is 46.6 Å². The Morgan fingerprint density at radius 3 is 1.54 bits per heavy atom. The van der Waals surface area contributed by atoms with E-state index < -0.39 is 75.0 Å². The molecule has 34 heteroatoms. The first-order chi connectivity index (χ1) is 33.0. The average Bonchev–Trinajstić information content (AvgIpc) is 3.76. The van der Waals surface area contributed by atoms with Gasteiger partial charge in [0.25, 0.3) is 10.1 Å². The first kappa shape index (κ1) is 53.5. The molecule has 0 fully saturated rings. The summed E-state index contributed by atoms with van der Waals surface area (Å²) in [5, 5.41) is 70.9. The van der Waals surface area contributed by atoms with Crippen molar-refractivity contribution >= 4 is 87.3 Å². The highest BCUT2D eigenvalue weighted by atomic mass is 32.3. The first-order valence-corrected chi connectivity index (χ1v) is 26.4. The molecule has 28 nitrogen and oxygen atoms in total. The van der Waals surface area contributed by atoms with Crippen LogP contribution in [0.2, 0.25) is 0 Å². The lowest BCUT2D eigenvalue weighted by atomic mass is 10.0. The maximum absolute atomic E-state index is 12.8. The highest BCUT2D eigenvalue weighted by Gasteiger charge is 2.24. The molecule has 6 aromatic rings. The summed E-state index contributed by atoms with van der Waals surface area (Å²) in [6.45, 7) is 1.83. The number of aryl methyl sites for hydroxylation is 2. The summed E-state index contributed by atoms with van der Waals surface area (Å²) in [6.07, 6.45) is 0. The van der Waals surface area contributed by atoms with E-state index >= 15 is 0 Å². The van der Waals surface area contributed by atoms with Gasteiger partial charge < -0.3 is 10.2 Å². The van der Waals surface area contributed by atoms with Gasteiger partial charge in [-0.1, -0.05) is 22.2 Å². The smallest absolute Gasteiger partial charge is 0.397 e. The number of sulfone groups is 2. The van der Waals surface area contributed by atoms with E-state index in [0.29, 0.717) is 12.0 Å². The largest absolute Gasteiger partial charge is 0.492 e. The van der Waals surface area contributed by atoms with Crippen LogP contribution >= 0.6 is 24.4 Å². The quantitative estimate of drug-likeness (QED) is 0.00979. The SMILES string of the molecule is Cc1nn(-c2ccc(S(=O)(=O)CCOS(=O)(=O)O)cc2)c(O)c1N=Nc1ccc(-c2ccc(N=Nc3c(C)nn(-c4ccc(S(=O)(=O)CCOSOOO)cc4)c3O)cc2S(=O)(=O)O)c(SOOO)c1. The highest BCUT2D eigenvalue weighted by molar-refractivity contribution is 7.94. The van der Waals surface area contributed by atoms with Crippen molar-refractivity contribution in [2.75, 3.05) is 24.7 Å². The average molecular weight is 1090 g/mol. The Morgan fingerprint density at radius 2 is 1.07 bits per heavy atom. The lowest BCUT2D eigenvalue weighted by Crippen LogP contribution is -2.15. The van der Waals surface area contributed by atoms with E-state index in [0.717, 1.165) is 15.4 Å². The normalized spacial score (nSPS) is 12.7. The molecule has 0 unspecified atom stereocenters. The summed E-state index contributed by atoms with van der Waals surface area (Å²) in [4.78, 5) is -0.924. The van der Waals surface area contributed by atoms with Crippen LogP contribution in [0.4, 0.5) is 22.7 Å². The van der Waals surface area contributed by atoms with Gasteiger partial charge in [-0.25, -0.2) is 31.5 Å². The molecular weight excluding hydrogens is 1060 g/mol. The Kier molecular flexibility index (Phi) is 17.2. The molecule has 70 heavy (non-hydrogen) atoms. The third-order valence-electron chi connectivity index (χ3n) is 9.20. The van der Waals surface area contributed by atoms with Crippen molar-refractivity contribution < 1.29 is 90.6 Å². The predicted molar refractivity (Wildman–Crippen MR) is 241 cm³/mol. The van der Waals surface area contributed by atoms with Crippen LogP contribution in [0.15, 0.2) is 125 Å². The molecule has 0 amide bonds. The fraction of sp³-hybridized carbons (Fsp3) is 0.167. The van der Waals surface area contributed by atoms with Gasteiger partial charge >= 0.3 is 10.4 Å². The van der Waals surface area contributed by atoms with Crippen LogP contribution in [0.5, 0.6) is 11.8 Å². The molecule has 0 aliphatic carbocycles. The van der Waals surface area contributed by atoms with Crippen LogP contribution in [0.3, 0.4) is 0 Å². The summed E-state index contributed by atoms with van der Waals surface area (Å²) in [7, 11) is -17.7. The second kappa shape index (κ2) is 22.5. The summed E-state index contributed by atoms with van der Waals surface area (Å²) in [5.41, 5.74) is 0.408. The van der Waals surface area contributed by atoms with E-state index in [4.69, 9.17) is 19.3 Å². The number of hydrogen-bond donors (Lipinski definition) is 6. The van der Waals surface area contributed by atoms with Crippen molar-refractivity contribution in [3.05, 3.63) is 96.3 Å². The Hall–Kier alpha value is -5.80. The number of azo groups is 2. The minimum Gasteiger partial charge on any atom is -0.492 e. The molecule has 4 aromatic carbocycles. The summed E-state index contributed by atoms with van der Waals surface area (Å²) < 4.78 is 136. The zero-order valence-corrected chi connectivity index (χ0v) is 40.2. The zero-order chi connectivity index (χ0) is 51.0. The van der Waals surface area contributed by atoms with Crippen molar-refractivity contribution in [2.24, 2.45) is 20.5 Å². The number of aromatic hydroxyl groups is 2. The molecule has 6 rings (SSSR count). The van der Waals surface area contributed by atoms with Crippen molar-refractivity contribution in [2.45, 2.75) is 33.4 Å². The van der Waals surface area contributed by atoms with Crippen LogP contribution in [-0.4, -0.2) is 108 Å². The van der Waals surface area contributed by atoms with Crippen LogP contribution in [0.25, 0.3) is 22.5 Å². The molecule has 0 atom stereocenters. The summed E-state index contributed by atoms with van der Waals surface area (Å²) in [5.74, 6) is -2.25. The molecule has 374 valence electrons. The van der Waals surface area contributed by atoms with Crippen molar-refractivity contribution in [1.29, 1.82) is 0 Å². The maximum atomic E-state index is 12.8. The number of rotatable bonds is 23. The second-order valence-electron chi connectivity index (χ2n) is 13.7. The Bertz CT molecular complexity index is 3390. The zero-order valence-electron chi connectivity index (χ0n) is 35.3. The van der Waals surface area contributed by atoms with Gasteiger partial charge in [0.15, 0.2) is 43.4 Å². The standard InChI is InChI=1S/C36H34N8O20S6/c1-21-33(35(45)43(41-21)26-7-11-28(12-8-26)68(51,52)18-16-60-70(56,57)58)39-37-23-3-13-29(31(19-23)65-63-61-47)30-14-4-24(20-32(30)69(53,54)55)38-40-34-22(2)42-44(36(34)46)25-5-9-27(10-6-25)67(49,50)17-15-59-66-64-62-48/h3-14,19-20,45-48H,15-18H2,1-2H3,(H,53,54,55)(H,56,57,58). The van der Waals surface area contributed by atoms with E-state index in [2.05, 4.69) is 53.6 Å². The van der Waals surface area contributed by atoms with Crippen molar-refractivity contribution in [3.8, 4) is 34.3 Å². The topological polar surface area (TPSA) is 398 Å². The van der Waals surface area contributed by atoms with Crippen LogP contribution < -0.4 is 0 Å². The molecule has 0 bridgehead atoms. The van der Waals surface area contributed by atoms with Gasteiger partial charge in [0.1, 0.15) is 4.90 Å². The Morgan fingerprint density at radius 1 is 0.600 bits per heavy atom. The van der Waals surface area contributed by atoms with E-state index in [1.807, 2.05) is 0 Å². The number of nitrogens with zero attached hydrogens (tertiary/aromatic N) is 8. The molecule has 0 radical (unpaired) electrons. The number of hydrogen-bond acceptors (Lipinski definition) is 26. The van der Waals surface area contributed by atoms with Crippen LogP contribution in [-0.2, 0) is 67.3 Å². The second-order valence-corrected chi connectivity index (χ2v) is 21.7. The Balaban J connectivity index is 1.22. The lowest BCUT2D eigenvalue weighted by molar-refractivity contribution is -0.434. The van der Waals surface area contributed by atoms with E-state index in [9.17, 15) is 48.4 Å². The molecule has 0 spiro atoms. The van der Waals surface area contributed by atoms with Gasteiger partial charge in [0.05, 0.1) is 80.7 Å². The third kappa shape index (κ3) is 13.3. The van der Waals surface area contributed by atoms with Crippen molar-refractivity contribution in [3.63, 3.8) is 0 Å². The fourth-order valence-electron chi connectivity index (χ4n) is 6.03. The number of aromatic nitrogens is 4. The molecule has 0 aliphatic rings. The third-order valence-corrected chi connectivity index (χ3v) is 15.0. The summed E-state index contributed by atoms with van der Waals surface area (Å²) in [6, 6.07) is 17.8. The molecule has 0 saturated heterocycles. The van der Waals surface area contributed by atoms with Crippen molar-refractivity contribution in [1.82, 2.24) is 19.6 Å². The summed E-state index contributed by atoms with van der Waals surface area (Å²) >= 11 is 0.626. The molecule has 0 aliphatic heterocycles. The van der Waals surface area contributed by atoms with Gasteiger partial charge in [-0.05, 0) is 92.2 Å². The van der Waals surface area contributed by atoms with Crippen LogP contribution in [0.1, 0.15) is 11.4 Å². The Labute approximate surface area is 404 Å². The first-order valence-electron chi connectivity index (χ1n) is 18.9. The van der Waals surface area contributed by atoms with E-state index in [-0.39, 0.29) is 90.3 Å². The number of benzene rings is 4. The molecular formula is C36H34N8O20S6. The fourth-order valence-corrected chi connectivity index (χ4v) is 10.2. The van der Waals surface area contributed by atoms with Gasteiger partial charge in [-0.15, -0.1) is 18.9 Å². The minimum absolute atomic E-state index is 0.0487. The molecule has 2 heterocycles. The molecule has 0 saturated carbocycles. The van der Waals surface area contributed by atoms with Gasteiger partial charge in [0, 0.05) is 10.5 Å². The van der Waals surface area contributed by atoms with E-state index in [1.54, 1.807) is 0 Å². The molecule has 2 aromatic heterocycles. The maximum Gasteiger partial charge on any atom is 0.397 e. The van der Waals surface area contributed by atoms with Gasteiger partial charge in [-0.3, -0.25) is 13.3 Å². The molecule has 6 N–H and O–H groups in total.